The van der Waals surface area contributed by atoms with E-state index in [0.29, 0.717) is 5.69 Å². The molecule has 3 N–H and O–H groups in total. The molecular weight excluding hydrogens is 419 g/mol. The maximum absolute atomic E-state index is 15.0. The number of rotatable bonds is 5. The minimum atomic E-state index is -3.69. The van der Waals surface area contributed by atoms with Gasteiger partial charge in [0.15, 0.2) is 12.0 Å². The molecule has 1 aromatic carbocycles. The van der Waals surface area contributed by atoms with Crippen molar-refractivity contribution in [2.24, 2.45) is 4.99 Å². The van der Waals surface area contributed by atoms with Crippen LogP contribution >= 0.6 is 0 Å². The number of sulfonamides is 1. The molecule has 1 atom stereocenters. The number of hydrazine groups is 1. The molecule has 0 amide bonds. The molecule has 0 aliphatic carbocycles. The third-order valence-electron chi connectivity index (χ3n) is 6.05. The average Bonchev–Trinajstić information content (AvgIpc) is 2.64. The van der Waals surface area contributed by atoms with Crippen molar-refractivity contribution >= 4 is 21.7 Å². The molecule has 1 saturated heterocycles. The third-order valence-corrected chi connectivity index (χ3v) is 6.58. The Morgan fingerprint density at radius 3 is 2.23 bits per heavy atom. The summed E-state index contributed by atoms with van der Waals surface area (Å²) in [5.41, 5.74) is 0.489. The highest BCUT2D eigenvalue weighted by Gasteiger charge is 2.44. The molecule has 2 aliphatic rings. The number of benzene rings is 1. The van der Waals surface area contributed by atoms with Gasteiger partial charge >= 0.3 is 0 Å². The van der Waals surface area contributed by atoms with E-state index in [-0.39, 0.29) is 23.1 Å². The van der Waals surface area contributed by atoms with E-state index in [0.717, 1.165) is 25.3 Å². The number of piperidine rings is 1. The average molecular weight is 453 g/mol. The number of nitrogens with one attached hydrogen (secondary N) is 3. The molecule has 0 saturated carbocycles. The SMILES string of the molecule is CN1C(C)(C)CC(NC2C(F)=CN=C(Nc3ccccc3)N2NS(C)(=O)=O)CC1(C)C. The molecular formula is C21H33FN6O2S. The molecule has 172 valence electrons. The van der Waals surface area contributed by atoms with Crippen molar-refractivity contribution in [3.05, 3.63) is 42.4 Å². The molecule has 0 bridgehead atoms. The van der Waals surface area contributed by atoms with Crippen molar-refractivity contribution in [2.75, 3.05) is 18.6 Å². The van der Waals surface area contributed by atoms with E-state index in [4.69, 9.17) is 0 Å². The third kappa shape index (κ3) is 5.62. The van der Waals surface area contributed by atoms with Crippen molar-refractivity contribution in [2.45, 2.75) is 63.8 Å². The minimum absolute atomic E-state index is 0.0368. The van der Waals surface area contributed by atoms with Gasteiger partial charge in [-0.3, -0.25) is 10.2 Å². The van der Waals surface area contributed by atoms with Gasteiger partial charge in [0, 0.05) is 22.8 Å². The molecule has 31 heavy (non-hydrogen) atoms. The Hall–Kier alpha value is -2.01. The number of halogens is 1. The fourth-order valence-electron chi connectivity index (χ4n) is 4.39. The van der Waals surface area contributed by atoms with Crippen LogP contribution in [0.1, 0.15) is 40.5 Å². The summed E-state index contributed by atoms with van der Waals surface area (Å²) in [6, 6.07) is 9.16. The smallest absolute Gasteiger partial charge is 0.225 e. The molecule has 2 heterocycles. The van der Waals surface area contributed by atoms with Gasteiger partial charge in [0.1, 0.15) is 0 Å². The van der Waals surface area contributed by atoms with Crippen LogP contribution in [0.4, 0.5) is 10.1 Å². The van der Waals surface area contributed by atoms with Gasteiger partial charge in [-0.2, -0.15) is 0 Å². The summed E-state index contributed by atoms with van der Waals surface area (Å²) in [7, 11) is -1.59. The topological polar surface area (TPSA) is 89.1 Å². The van der Waals surface area contributed by atoms with Gasteiger partial charge in [0.05, 0.1) is 12.5 Å². The van der Waals surface area contributed by atoms with Gasteiger partial charge in [-0.1, -0.05) is 18.2 Å². The van der Waals surface area contributed by atoms with Crippen LogP contribution in [0.15, 0.2) is 47.4 Å². The fraction of sp³-hybridized carbons (Fsp3) is 0.571. The second-order valence-corrected chi connectivity index (χ2v) is 11.3. The Kier molecular flexibility index (Phi) is 6.48. The Bertz CT molecular complexity index is 943. The summed E-state index contributed by atoms with van der Waals surface area (Å²) in [4.78, 5) is 8.85. The number of para-hydroxylation sites is 1. The summed E-state index contributed by atoms with van der Waals surface area (Å²) < 4.78 is 39.1. The maximum atomic E-state index is 15.0. The maximum Gasteiger partial charge on any atom is 0.225 e. The van der Waals surface area contributed by atoms with E-state index in [1.54, 1.807) is 0 Å². The normalized spacial score (nSPS) is 24.5. The summed E-state index contributed by atoms with van der Waals surface area (Å²) in [5, 5.41) is 7.61. The van der Waals surface area contributed by atoms with E-state index in [1.807, 2.05) is 30.3 Å². The monoisotopic (exact) mass is 452 g/mol. The van der Waals surface area contributed by atoms with Gasteiger partial charge in [0.2, 0.25) is 16.0 Å². The highest BCUT2D eigenvalue weighted by molar-refractivity contribution is 7.88. The lowest BCUT2D eigenvalue weighted by Crippen LogP contribution is -2.66. The van der Waals surface area contributed by atoms with E-state index in [2.05, 4.69) is 60.1 Å². The molecule has 0 spiro atoms. The first-order valence-corrected chi connectivity index (χ1v) is 12.2. The molecule has 8 nitrogen and oxygen atoms in total. The van der Waals surface area contributed by atoms with Crippen LogP contribution in [0, 0.1) is 0 Å². The zero-order chi connectivity index (χ0) is 23.0. The highest BCUT2D eigenvalue weighted by Crippen LogP contribution is 2.37. The lowest BCUT2D eigenvalue weighted by atomic mass is 9.77. The molecule has 1 aromatic rings. The van der Waals surface area contributed by atoms with Crippen molar-refractivity contribution in [1.82, 2.24) is 20.1 Å². The first-order valence-electron chi connectivity index (χ1n) is 10.3. The second-order valence-electron chi connectivity index (χ2n) is 9.55. The van der Waals surface area contributed by atoms with E-state index < -0.39 is 22.0 Å². The Morgan fingerprint density at radius 2 is 1.68 bits per heavy atom. The van der Waals surface area contributed by atoms with Gasteiger partial charge < -0.3 is 5.32 Å². The predicted octanol–water partition coefficient (Wildman–Crippen LogP) is 2.61. The van der Waals surface area contributed by atoms with E-state index in [1.165, 1.54) is 5.01 Å². The lowest BCUT2D eigenvalue weighted by Gasteiger charge is -2.54. The second kappa shape index (κ2) is 8.50. The van der Waals surface area contributed by atoms with Crippen molar-refractivity contribution in [3.8, 4) is 0 Å². The van der Waals surface area contributed by atoms with Crippen molar-refractivity contribution in [3.63, 3.8) is 0 Å². The number of guanidine groups is 1. The van der Waals surface area contributed by atoms with Crippen LogP contribution in [0.3, 0.4) is 0 Å². The molecule has 0 aromatic heterocycles. The number of likely N-dealkylation sites (tertiary alicyclic amines) is 1. The van der Waals surface area contributed by atoms with Crippen LogP contribution in [0.2, 0.25) is 0 Å². The first kappa shape index (κ1) is 23.6. The molecule has 2 aliphatic heterocycles. The Balaban J connectivity index is 1.88. The Morgan fingerprint density at radius 1 is 1.10 bits per heavy atom. The van der Waals surface area contributed by atoms with Crippen molar-refractivity contribution in [1.29, 1.82) is 0 Å². The standard InChI is InChI=1S/C21H33FN6O2S/c1-20(2)12-16(13-21(3,4)27(20)5)24-18-17(22)14-23-19(28(18)26-31(6,29)30)25-15-10-8-7-9-11-15/h7-11,14,16,18,24,26H,12-13H2,1-6H3,(H,23,25). The largest absolute Gasteiger partial charge is 0.325 e. The number of nitrogens with zero attached hydrogens (tertiary/aromatic N) is 3. The predicted molar refractivity (Wildman–Crippen MR) is 122 cm³/mol. The van der Waals surface area contributed by atoms with Crippen LogP contribution in [-0.4, -0.2) is 60.9 Å². The zero-order valence-electron chi connectivity index (χ0n) is 19.0. The van der Waals surface area contributed by atoms with Crippen LogP contribution in [0.25, 0.3) is 0 Å². The molecule has 1 fully saturated rings. The summed E-state index contributed by atoms with van der Waals surface area (Å²) >= 11 is 0. The summed E-state index contributed by atoms with van der Waals surface area (Å²) in [6.07, 6.45) is 2.68. The van der Waals surface area contributed by atoms with Gasteiger partial charge in [-0.25, -0.2) is 22.8 Å². The Labute approximate surface area is 184 Å². The fourth-order valence-corrected chi connectivity index (χ4v) is 4.93. The van der Waals surface area contributed by atoms with Gasteiger partial charge in [0.25, 0.3) is 0 Å². The van der Waals surface area contributed by atoms with Crippen LogP contribution in [0.5, 0.6) is 0 Å². The van der Waals surface area contributed by atoms with E-state index >= 15 is 0 Å². The van der Waals surface area contributed by atoms with Gasteiger partial charge in [-0.05, 0) is 59.7 Å². The van der Waals surface area contributed by atoms with Gasteiger partial charge in [-0.15, -0.1) is 4.83 Å². The number of aliphatic imine (C=N–C) groups is 1. The summed E-state index contributed by atoms with van der Waals surface area (Å²) in [5.74, 6) is -0.383. The molecule has 3 rings (SSSR count). The number of anilines is 1. The summed E-state index contributed by atoms with van der Waals surface area (Å²) in [6.45, 7) is 8.64. The van der Waals surface area contributed by atoms with Crippen LogP contribution in [-0.2, 0) is 10.0 Å². The quantitative estimate of drug-likeness (QED) is 0.637. The van der Waals surface area contributed by atoms with Crippen LogP contribution < -0.4 is 15.5 Å². The number of hydrogen-bond donors (Lipinski definition) is 3. The first-order chi connectivity index (χ1) is 14.3. The lowest BCUT2D eigenvalue weighted by molar-refractivity contribution is -0.0233. The minimum Gasteiger partial charge on any atom is -0.325 e. The highest BCUT2D eigenvalue weighted by atomic mass is 32.2. The van der Waals surface area contributed by atoms with Crippen molar-refractivity contribution < 1.29 is 12.8 Å². The zero-order valence-corrected chi connectivity index (χ0v) is 19.8. The molecule has 10 heteroatoms. The molecule has 0 radical (unpaired) electrons. The van der Waals surface area contributed by atoms with E-state index in [9.17, 15) is 12.8 Å². The number of hydrogen-bond acceptors (Lipinski definition) is 7. The molecule has 1 unspecified atom stereocenters.